The van der Waals surface area contributed by atoms with Crippen LogP contribution in [0.2, 0.25) is 6.32 Å². The molecule has 0 saturated carbocycles. The summed E-state index contributed by atoms with van der Waals surface area (Å²) in [4.78, 5) is 2.35. The van der Waals surface area contributed by atoms with Crippen LogP contribution in [0.4, 0.5) is 0 Å². The van der Waals surface area contributed by atoms with Gasteiger partial charge in [0.1, 0.15) is 20.3 Å². The van der Waals surface area contributed by atoms with E-state index in [1.54, 1.807) is 0 Å². The molecule has 0 aliphatic carbocycles. The Morgan fingerprint density at radius 3 is 2.38 bits per heavy atom. The van der Waals surface area contributed by atoms with Gasteiger partial charge in [0.2, 0.25) is 0 Å². The summed E-state index contributed by atoms with van der Waals surface area (Å²) in [5.74, 6) is 1.02. The minimum Gasteiger partial charge on any atom is -0.478 e. The zero-order valence-corrected chi connectivity index (χ0v) is 15.6. The van der Waals surface area contributed by atoms with Crippen LogP contribution in [0.25, 0.3) is 0 Å². The quantitative estimate of drug-likeness (QED) is 0.514. The standard InChI is InChI=1S/C21H30BNO/c1-4-23(15-13-19-8-6-5-7-9-19)16-24-21-11-10-20(12-14-22)17(2)18(21)3/h5-11H,4,12-16,22H2,1-3H3. The Kier molecular flexibility index (Phi) is 7.39. The van der Waals surface area contributed by atoms with Crippen molar-refractivity contribution in [3.8, 4) is 5.75 Å². The van der Waals surface area contributed by atoms with Crippen molar-refractivity contribution < 1.29 is 4.74 Å². The summed E-state index contributed by atoms with van der Waals surface area (Å²) in [6.45, 7) is 9.24. The maximum Gasteiger partial charge on any atom is 0.142 e. The van der Waals surface area contributed by atoms with E-state index in [9.17, 15) is 0 Å². The molecule has 2 aromatic rings. The summed E-state index contributed by atoms with van der Waals surface area (Å²) in [6, 6.07) is 15.0. The zero-order valence-electron chi connectivity index (χ0n) is 15.6. The molecule has 0 bridgehead atoms. The van der Waals surface area contributed by atoms with Crippen LogP contribution >= 0.6 is 0 Å². The first kappa shape index (κ1) is 18.6. The lowest BCUT2D eigenvalue weighted by Gasteiger charge is -2.22. The molecule has 0 unspecified atom stereocenters. The Morgan fingerprint density at radius 2 is 1.71 bits per heavy atom. The Hall–Kier alpha value is -1.74. The summed E-state index contributed by atoms with van der Waals surface area (Å²) in [5.41, 5.74) is 5.48. The first-order valence-corrected chi connectivity index (χ1v) is 9.13. The van der Waals surface area contributed by atoms with Crippen LogP contribution < -0.4 is 4.74 Å². The van der Waals surface area contributed by atoms with Crippen LogP contribution in [-0.2, 0) is 12.8 Å². The van der Waals surface area contributed by atoms with Gasteiger partial charge in [-0.25, -0.2) is 0 Å². The predicted molar refractivity (Wildman–Crippen MR) is 106 cm³/mol. The number of nitrogens with zero attached hydrogens (tertiary/aromatic N) is 1. The van der Waals surface area contributed by atoms with E-state index >= 15 is 0 Å². The molecule has 0 N–H and O–H groups in total. The van der Waals surface area contributed by atoms with Gasteiger partial charge in [0.15, 0.2) is 0 Å². The summed E-state index contributed by atoms with van der Waals surface area (Å²) >= 11 is 0. The molecule has 2 nitrogen and oxygen atoms in total. The van der Waals surface area contributed by atoms with Crippen molar-refractivity contribution in [3.05, 3.63) is 64.7 Å². The molecule has 0 aliphatic heterocycles. The van der Waals surface area contributed by atoms with Gasteiger partial charge in [-0.15, -0.1) is 0 Å². The molecule has 0 amide bonds. The third kappa shape index (κ3) is 5.14. The van der Waals surface area contributed by atoms with Gasteiger partial charge in [-0.1, -0.05) is 49.6 Å². The van der Waals surface area contributed by atoms with E-state index in [0.29, 0.717) is 6.73 Å². The minimum atomic E-state index is 0.650. The number of ether oxygens (including phenoxy) is 1. The average Bonchev–Trinajstić information content (AvgIpc) is 2.61. The van der Waals surface area contributed by atoms with E-state index in [2.05, 4.69) is 76.0 Å². The van der Waals surface area contributed by atoms with E-state index in [4.69, 9.17) is 4.74 Å². The third-order valence-electron chi connectivity index (χ3n) is 4.78. The molecule has 0 atom stereocenters. The second-order valence-corrected chi connectivity index (χ2v) is 6.44. The maximum atomic E-state index is 6.12. The highest BCUT2D eigenvalue weighted by atomic mass is 16.5. The second kappa shape index (κ2) is 9.53. The fourth-order valence-corrected chi connectivity index (χ4v) is 2.96. The molecule has 0 aromatic heterocycles. The monoisotopic (exact) mass is 323 g/mol. The van der Waals surface area contributed by atoms with E-state index in [1.165, 1.54) is 28.6 Å². The molecule has 128 valence electrons. The van der Waals surface area contributed by atoms with Gasteiger partial charge in [0.05, 0.1) is 0 Å². The molecule has 2 aromatic carbocycles. The van der Waals surface area contributed by atoms with Crippen molar-refractivity contribution >= 4 is 7.85 Å². The van der Waals surface area contributed by atoms with Gasteiger partial charge in [-0.2, -0.15) is 0 Å². The summed E-state index contributed by atoms with van der Waals surface area (Å²) in [7, 11) is 2.23. The van der Waals surface area contributed by atoms with Crippen LogP contribution in [0, 0.1) is 13.8 Å². The van der Waals surface area contributed by atoms with E-state index in [0.717, 1.165) is 31.7 Å². The molecule has 0 saturated heterocycles. The topological polar surface area (TPSA) is 12.5 Å². The number of hydrogen-bond donors (Lipinski definition) is 0. The molecule has 0 aliphatic rings. The van der Waals surface area contributed by atoms with Crippen LogP contribution in [-0.4, -0.2) is 32.6 Å². The molecule has 24 heavy (non-hydrogen) atoms. The van der Waals surface area contributed by atoms with Crippen molar-refractivity contribution in [2.24, 2.45) is 0 Å². The Labute approximate surface area is 148 Å². The molecular weight excluding hydrogens is 293 g/mol. The van der Waals surface area contributed by atoms with Gasteiger partial charge in [0, 0.05) is 6.54 Å². The van der Waals surface area contributed by atoms with E-state index in [-0.39, 0.29) is 0 Å². The van der Waals surface area contributed by atoms with Gasteiger partial charge >= 0.3 is 0 Å². The van der Waals surface area contributed by atoms with Crippen molar-refractivity contribution in [3.63, 3.8) is 0 Å². The highest BCUT2D eigenvalue weighted by Crippen LogP contribution is 2.25. The maximum absolute atomic E-state index is 6.12. The Balaban J connectivity index is 1.92. The van der Waals surface area contributed by atoms with Crippen LogP contribution in [0.15, 0.2) is 42.5 Å². The first-order chi connectivity index (χ1) is 11.7. The SMILES string of the molecule is BCCc1ccc(OCN(CC)CCc2ccccc2)c(C)c1C. The van der Waals surface area contributed by atoms with Crippen molar-refractivity contribution in [1.29, 1.82) is 0 Å². The van der Waals surface area contributed by atoms with Crippen LogP contribution in [0.5, 0.6) is 5.75 Å². The smallest absolute Gasteiger partial charge is 0.142 e. The van der Waals surface area contributed by atoms with Gasteiger partial charge < -0.3 is 4.74 Å². The fraction of sp³-hybridized carbons (Fsp3) is 0.429. The Bertz CT molecular complexity index is 627. The lowest BCUT2D eigenvalue weighted by atomic mass is 9.93. The van der Waals surface area contributed by atoms with Crippen molar-refractivity contribution in [1.82, 2.24) is 4.90 Å². The fourth-order valence-electron chi connectivity index (χ4n) is 2.96. The molecule has 0 fully saturated rings. The zero-order chi connectivity index (χ0) is 17.4. The minimum absolute atomic E-state index is 0.650. The van der Waals surface area contributed by atoms with Gasteiger partial charge in [-0.3, -0.25) is 4.90 Å². The normalized spacial score (nSPS) is 11.0. The molecule has 3 heteroatoms. The predicted octanol–water partition coefficient (Wildman–Crippen LogP) is 3.80. The number of rotatable bonds is 9. The Morgan fingerprint density at radius 1 is 0.958 bits per heavy atom. The second-order valence-electron chi connectivity index (χ2n) is 6.44. The van der Waals surface area contributed by atoms with Gasteiger partial charge in [-0.05, 0) is 61.6 Å². The van der Waals surface area contributed by atoms with Crippen LogP contribution in [0.3, 0.4) is 0 Å². The largest absolute Gasteiger partial charge is 0.478 e. The summed E-state index contributed by atoms with van der Waals surface area (Å²) in [6.07, 6.45) is 3.39. The third-order valence-corrected chi connectivity index (χ3v) is 4.78. The van der Waals surface area contributed by atoms with Gasteiger partial charge in [0.25, 0.3) is 0 Å². The summed E-state index contributed by atoms with van der Waals surface area (Å²) < 4.78 is 6.12. The summed E-state index contributed by atoms with van der Waals surface area (Å²) in [5, 5.41) is 0. The van der Waals surface area contributed by atoms with E-state index in [1.807, 2.05) is 0 Å². The first-order valence-electron chi connectivity index (χ1n) is 9.13. The highest BCUT2D eigenvalue weighted by molar-refractivity contribution is 6.08. The van der Waals surface area contributed by atoms with E-state index < -0.39 is 0 Å². The number of likely N-dealkylation sites (N-methyl/N-ethyl adjacent to an activating group) is 1. The van der Waals surface area contributed by atoms with Crippen molar-refractivity contribution in [2.75, 3.05) is 19.8 Å². The number of benzene rings is 2. The molecule has 2 rings (SSSR count). The van der Waals surface area contributed by atoms with Crippen molar-refractivity contribution in [2.45, 2.75) is 39.9 Å². The lowest BCUT2D eigenvalue weighted by Crippen LogP contribution is -2.30. The average molecular weight is 323 g/mol. The number of hydrogen-bond acceptors (Lipinski definition) is 2. The molecule has 0 radical (unpaired) electrons. The van der Waals surface area contributed by atoms with Crippen LogP contribution in [0.1, 0.15) is 29.2 Å². The molecular formula is C21H30BNO. The lowest BCUT2D eigenvalue weighted by molar-refractivity contribution is 0.132. The molecule has 0 spiro atoms. The number of aryl methyl sites for hydroxylation is 1. The highest BCUT2D eigenvalue weighted by Gasteiger charge is 2.09. The molecule has 0 heterocycles.